The molecule has 0 aliphatic heterocycles. The standard InChI is InChI=1S/C11H7F6NOS/c1-5-18-7-3-2-6(4-8(7)20-5)9(19,10(12,13)14)11(15,16)17/h2-4,19H,1H3. The Hall–Kier alpha value is -1.35. The van der Waals surface area contributed by atoms with E-state index in [1.54, 1.807) is 6.92 Å². The van der Waals surface area contributed by atoms with E-state index >= 15 is 0 Å². The molecular formula is C11H7F6NOS. The van der Waals surface area contributed by atoms with Crippen LogP contribution in [-0.4, -0.2) is 22.4 Å². The van der Waals surface area contributed by atoms with Gasteiger partial charge in [0.1, 0.15) is 0 Å². The molecule has 2 nitrogen and oxygen atoms in total. The van der Waals surface area contributed by atoms with Crippen molar-refractivity contribution < 1.29 is 31.4 Å². The first kappa shape index (κ1) is 15.0. The topological polar surface area (TPSA) is 33.1 Å². The number of nitrogens with zero attached hydrogens (tertiary/aromatic N) is 1. The summed E-state index contributed by atoms with van der Waals surface area (Å²) in [6, 6.07) is 2.28. The van der Waals surface area contributed by atoms with Gasteiger partial charge in [-0.3, -0.25) is 0 Å². The average Bonchev–Trinajstić information content (AvgIpc) is 2.63. The molecular weight excluding hydrogens is 308 g/mol. The van der Waals surface area contributed by atoms with Crippen molar-refractivity contribution in [3.8, 4) is 0 Å². The van der Waals surface area contributed by atoms with E-state index in [-0.39, 0.29) is 10.2 Å². The molecule has 20 heavy (non-hydrogen) atoms. The first-order chi connectivity index (χ1) is 8.97. The second-order valence-corrected chi connectivity index (χ2v) is 5.36. The minimum atomic E-state index is -5.88. The van der Waals surface area contributed by atoms with E-state index in [0.29, 0.717) is 17.1 Å². The highest BCUT2D eigenvalue weighted by atomic mass is 32.1. The van der Waals surface area contributed by atoms with Crippen molar-refractivity contribution in [3.63, 3.8) is 0 Å². The number of benzene rings is 1. The molecule has 2 rings (SSSR count). The lowest BCUT2D eigenvalue weighted by Gasteiger charge is -2.32. The SMILES string of the molecule is Cc1nc2ccc(C(O)(C(F)(F)F)C(F)(F)F)cc2s1. The minimum absolute atomic E-state index is 0.145. The molecule has 2 aromatic rings. The van der Waals surface area contributed by atoms with Crippen molar-refractivity contribution in [1.29, 1.82) is 0 Å². The van der Waals surface area contributed by atoms with E-state index < -0.39 is 23.5 Å². The number of rotatable bonds is 1. The van der Waals surface area contributed by atoms with E-state index in [4.69, 9.17) is 0 Å². The van der Waals surface area contributed by atoms with Crippen LogP contribution in [0.2, 0.25) is 0 Å². The predicted octanol–water partition coefficient (Wildman–Crippen LogP) is 3.92. The van der Waals surface area contributed by atoms with Gasteiger partial charge in [-0.2, -0.15) is 26.3 Å². The summed E-state index contributed by atoms with van der Waals surface area (Å²) >= 11 is 0.947. The molecule has 1 N–H and O–H groups in total. The molecule has 0 amide bonds. The van der Waals surface area contributed by atoms with E-state index in [2.05, 4.69) is 4.98 Å². The molecule has 1 heterocycles. The fourth-order valence-corrected chi connectivity index (χ4v) is 2.62. The molecule has 0 bridgehead atoms. The van der Waals surface area contributed by atoms with Crippen molar-refractivity contribution in [1.82, 2.24) is 4.98 Å². The Morgan fingerprint density at radius 1 is 1.05 bits per heavy atom. The molecule has 0 aliphatic rings. The molecule has 0 atom stereocenters. The first-order valence-electron chi connectivity index (χ1n) is 5.20. The second-order valence-electron chi connectivity index (χ2n) is 4.12. The highest BCUT2D eigenvalue weighted by molar-refractivity contribution is 7.18. The van der Waals surface area contributed by atoms with Crippen molar-refractivity contribution in [2.75, 3.05) is 0 Å². The molecule has 0 unspecified atom stereocenters. The molecule has 0 spiro atoms. The summed E-state index contributed by atoms with van der Waals surface area (Å²) < 4.78 is 76.4. The monoisotopic (exact) mass is 315 g/mol. The Morgan fingerprint density at radius 3 is 2.10 bits per heavy atom. The van der Waals surface area contributed by atoms with Crippen molar-refractivity contribution in [2.24, 2.45) is 0 Å². The number of aryl methyl sites for hydroxylation is 1. The van der Waals surface area contributed by atoms with E-state index in [9.17, 15) is 31.4 Å². The van der Waals surface area contributed by atoms with Crippen LogP contribution in [0.3, 0.4) is 0 Å². The van der Waals surface area contributed by atoms with Gasteiger partial charge in [-0.05, 0) is 19.1 Å². The number of alkyl halides is 6. The fraction of sp³-hybridized carbons (Fsp3) is 0.364. The Balaban J connectivity index is 2.69. The van der Waals surface area contributed by atoms with Gasteiger partial charge in [0, 0.05) is 5.56 Å². The van der Waals surface area contributed by atoms with Crippen LogP contribution in [0.25, 0.3) is 10.2 Å². The van der Waals surface area contributed by atoms with Crippen LogP contribution >= 0.6 is 11.3 Å². The predicted molar refractivity (Wildman–Crippen MR) is 60.4 cm³/mol. The van der Waals surface area contributed by atoms with Crippen LogP contribution in [0, 0.1) is 6.92 Å². The van der Waals surface area contributed by atoms with Gasteiger partial charge in [0.25, 0.3) is 5.60 Å². The van der Waals surface area contributed by atoms with Gasteiger partial charge in [-0.15, -0.1) is 11.3 Å². The van der Waals surface area contributed by atoms with E-state index in [1.165, 1.54) is 0 Å². The molecule has 1 aromatic carbocycles. The zero-order valence-electron chi connectivity index (χ0n) is 9.80. The maximum absolute atomic E-state index is 12.7. The van der Waals surface area contributed by atoms with Crippen LogP contribution < -0.4 is 0 Å². The van der Waals surface area contributed by atoms with E-state index in [0.717, 1.165) is 17.4 Å². The number of aliphatic hydroxyl groups is 1. The number of thiazole rings is 1. The Bertz CT molecular complexity index is 630. The molecule has 0 saturated heterocycles. The number of halogens is 6. The lowest BCUT2D eigenvalue weighted by Crippen LogP contribution is -2.53. The lowest BCUT2D eigenvalue weighted by atomic mass is 9.92. The number of aromatic nitrogens is 1. The first-order valence-corrected chi connectivity index (χ1v) is 6.02. The Kier molecular flexibility index (Phi) is 3.25. The number of hydrogen-bond acceptors (Lipinski definition) is 3. The third-order valence-electron chi connectivity index (χ3n) is 2.73. The smallest absolute Gasteiger partial charge is 0.369 e. The molecule has 0 fully saturated rings. The zero-order chi connectivity index (χ0) is 15.3. The second kappa shape index (κ2) is 4.32. The minimum Gasteiger partial charge on any atom is -0.369 e. The highest BCUT2D eigenvalue weighted by Gasteiger charge is 2.71. The maximum Gasteiger partial charge on any atom is 0.430 e. The number of hydrogen-bond donors (Lipinski definition) is 1. The van der Waals surface area contributed by atoms with Crippen molar-refractivity contribution in [3.05, 3.63) is 28.8 Å². The van der Waals surface area contributed by atoms with Gasteiger partial charge >= 0.3 is 12.4 Å². The van der Waals surface area contributed by atoms with Crippen molar-refractivity contribution in [2.45, 2.75) is 24.9 Å². The average molecular weight is 315 g/mol. The summed E-state index contributed by atoms with van der Waals surface area (Å²) in [5.74, 6) is 0. The van der Waals surface area contributed by atoms with Crippen LogP contribution in [-0.2, 0) is 5.60 Å². The van der Waals surface area contributed by atoms with Gasteiger partial charge in [0.05, 0.1) is 15.2 Å². The molecule has 0 aliphatic carbocycles. The van der Waals surface area contributed by atoms with Crippen LogP contribution in [0.15, 0.2) is 18.2 Å². The Morgan fingerprint density at radius 2 is 1.60 bits per heavy atom. The Labute approximate surface area is 112 Å². The van der Waals surface area contributed by atoms with Gasteiger partial charge in [-0.25, -0.2) is 4.98 Å². The van der Waals surface area contributed by atoms with E-state index in [1.807, 2.05) is 0 Å². The summed E-state index contributed by atoms with van der Waals surface area (Å²) in [5, 5.41) is 9.76. The largest absolute Gasteiger partial charge is 0.430 e. The summed E-state index contributed by atoms with van der Waals surface area (Å²) in [6.45, 7) is 1.57. The van der Waals surface area contributed by atoms with Gasteiger partial charge in [0.15, 0.2) is 0 Å². The highest BCUT2D eigenvalue weighted by Crippen LogP contribution is 2.50. The molecule has 110 valence electrons. The molecule has 1 aromatic heterocycles. The van der Waals surface area contributed by atoms with Gasteiger partial charge in [-0.1, -0.05) is 6.07 Å². The van der Waals surface area contributed by atoms with Crippen molar-refractivity contribution >= 4 is 21.6 Å². The quantitative estimate of drug-likeness (QED) is 0.809. The summed E-state index contributed by atoms with van der Waals surface area (Å²) in [4.78, 5) is 3.94. The van der Waals surface area contributed by atoms with Crippen LogP contribution in [0.4, 0.5) is 26.3 Å². The normalized spacial score (nSPS) is 14.0. The van der Waals surface area contributed by atoms with Gasteiger partial charge in [0.2, 0.25) is 0 Å². The maximum atomic E-state index is 12.7. The lowest BCUT2D eigenvalue weighted by molar-refractivity contribution is -0.376. The van der Waals surface area contributed by atoms with Crippen LogP contribution in [0.5, 0.6) is 0 Å². The summed E-state index contributed by atoms with van der Waals surface area (Å²) in [6.07, 6.45) is -11.8. The summed E-state index contributed by atoms with van der Waals surface area (Å²) in [5.41, 5.74) is -5.89. The molecule has 9 heteroatoms. The molecule has 0 saturated carbocycles. The summed E-state index contributed by atoms with van der Waals surface area (Å²) in [7, 11) is 0. The van der Waals surface area contributed by atoms with Crippen LogP contribution in [0.1, 0.15) is 10.6 Å². The fourth-order valence-electron chi connectivity index (χ4n) is 1.75. The third kappa shape index (κ3) is 2.14. The number of fused-ring (bicyclic) bond motifs is 1. The van der Waals surface area contributed by atoms with Gasteiger partial charge < -0.3 is 5.11 Å². The third-order valence-corrected chi connectivity index (χ3v) is 3.67. The zero-order valence-corrected chi connectivity index (χ0v) is 10.6. The molecule has 0 radical (unpaired) electrons.